The fourth-order valence-corrected chi connectivity index (χ4v) is 1.25. The highest BCUT2D eigenvalue weighted by molar-refractivity contribution is 5.94. The van der Waals surface area contributed by atoms with E-state index in [2.05, 4.69) is 0 Å². The highest BCUT2D eigenvalue weighted by atomic mass is 16.4. The molecule has 0 aliphatic heterocycles. The molecule has 0 aliphatic rings. The Kier molecular flexibility index (Phi) is 2.86. The van der Waals surface area contributed by atoms with E-state index in [1.807, 2.05) is 0 Å². The molecule has 0 radical (unpaired) electrons. The lowest BCUT2D eigenvalue weighted by molar-refractivity contribution is -0.116. The van der Waals surface area contributed by atoms with E-state index in [0.29, 0.717) is 5.56 Å². The van der Waals surface area contributed by atoms with E-state index < -0.39 is 5.97 Å². The van der Waals surface area contributed by atoms with Crippen molar-refractivity contribution < 1.29 is 19.8 Å². The summed E-state index contributed by atoms with van der Waals surface area (Å²) in [6.45, 7) is 1.37. The van der Waals surface area contributed by atoms with Gasteiger partial charge in [-0.15, -0.1) is 0 Å². The van der Waals surface area contributed by atoms with E-state index in [-0.39, 0.29) is 23.5 Å². The average Bonchev–Trinajstić information content (AvgIpc) is 2.01. The number of carbonyl (C=O) groups is 2. The molecule has 0 unspecified atom stereocenters. The maximum atomic E-state index is 10.8. The van der Waals surface area contributed by atoms with Crippen LogP contribution >= 0.6 is 0 Å². The Morgan fingerprint density at radius 3 is 2.50 bits per heavy atom. The Morgan fingerprint density at radius 1 is 1.36 bits per heavy atom. The highest BCUT2D eigenvalue weighted by Gasteiger charge is 2.15. The van der Waals surface area contributed by atoms with Gasteiger partial charge in [-0.05, 0) is 18.6 Å². The molecule has 0 heterocycles. The standard InChI is InChI=1S/C10H10O4/c1-6(11)5-7-3-2-4-8(12)9(7)10(13)14/h2-4,12H,5H2,1H3,(H,13,14). The van der Waals surface area contributed by atoms with Crippen LogP contribution < -0.4 is 0 Å². The summed E-state index contributed by atoms with van der Waals surface area (Å²) in [5.41, 5.74) is 0.146. The van der Waals surface area contributed by atoms with Crippen LogP contribution in [0.1, 0.15) is 22.8 Å². The van der Waals surface area contributed by atoms with E-state index in [0.717, 1.165) is 0 Å². The van der Waals surface area contributed by atoms with Gasteiger partial charge in [0, 0.05) is 6.42 Å². The second kappa shape index (κ2) is 3.91. The van der Waals surface area contributed by atoms with Gasteiger partial charge in [-0.2, -0.15) is 0 Å². The molecule has 1 aromatic carbocycles. The zero-order valence-corrected chi connectivity index (χ0v) is 7.65. The van der Waals surface area contributed by atoms with Gasteiger partial charge in [-0.25, -0.2) is 4.79 Å². The van der Waals surface area contributed by atoms with Gasteiger partial charge in [0.1, 0.15) is 17.1 Å². The zero-order valence-electron chi connectivity index (χ0n) is 7.65. The number of Topliss-reactive ketones (excluding diaryl/α,β-unsaturated/α-hetero) is 1. The number of hydrogen-bond donors (Lipinski definition) is 2. The summed E-state index contributed by atoms with van der Waals surface area (Å²) >= 11 is 0. The zero-order chi connectivity index (χ0) is 10.7. The molecule has 0 spiro atoms. The summed E-state index contributed by atoms with van der Waals surface area (Å²) in [5.74, 6) is -1.67. The lowest BCUT2D eigenvalue weighted by Gasteiger charge is -2.05. The molecule has 0 fully saturated rings. The van der Waals surface area contributed by atoms with Crippen LogP contribution in [0.15, 0.2) is 18.2 Å². The van der Waals surface area contributed by atoms with Gasteiger partial charge >= 0.3 is 5.97 Å². The summed E-state index contributed by atoms with van der Waals surface area (Å²) < 4.78 is 0. The molecule has 0 bridgehead atoms. The third-order valence-corrected chi connectivity index (χ3v) is 1.78. The van der Waals surface area contributed by atoms with Gasteiger partial charge < -0.3 is 10.2 Å². The molecule has 0 atom stereocenters. The van der Waals surface area contributed by atoms with Crippen LogP contribution in [0.5, 0.6) is 5.75 Å². The van der Waals surface area contributed by atoms with Crippen molar-refractivity contribution in [3.8, 4) is 5.75 Å². The predicted molar refractivity (Wildman–Crippen MR) is 49.5 cm³/mol. The fraction of sp³-hybridized carbons (Fsp3) is 0.200. The van der Waals surface area contributed by atoms with Crippen molar-refractivity contribution in [3.63, 3.8) is 0 Å². The van der Waals surface area contributed by atoms with E-state index in [1.165, 1.54) is 25.1 Å². The normalized spacial score (nSPS) is 9.79. The van der Waals surface area contributed by atoms with E-state index >= 15 is 0 Å². The molecule has 2 N–H and O–H groups in total. The first-order valence-corrected chi connectivity index (χ1v) is 4.06. The van der Waals surface area contributed by atoms with Crippen LogP contribution in [0.3, 0.4) is 0 Å². The van der Waals surface area contributed by atoms with Crippen LogP contribution in [0.2, 0.25) is 0 Å². The van der Waals surface area contributed by atoms with Crippen LogP contribution in [-0.4, -0.2) is 22.0 Å². The molecule has 0 aliphatic carbocycles. The van der Waals surface area contributed by atoms with Gasteiger partial charge in [0.2, 0.25) is 0 Å². The van der Waals surface area contributed by atoms with Gasteiger partial charge in [-0.1, -0.05) is 12.1 Å². The van der Waals surface area contributed by atoms with Crippen LogP contribution in [-0.2, 0) is 11.2 Å². The largest absolute Gasteiger partial charge is 0.507 e. The molecule has 4 heteroatoms. The van der Waals surface area contributed by atoms with Crippen LogP contribution in [0.4, 0.5) is 0 Å². The Balaban J connectivity index is 3.21. The Labute approximate surface area is 80.8 Å². The quantitative estimate of drug-likeness (QED) is 0.758. The average molecular weight is 194 g/mol. The summed E-state index contributed by atoms with van der Waals surface area (Å²) in [4.78, 5) is 21.6. The smallest absolute Gasteiger partial charge is 0.339 e. The van der Waals surface area contributed by atoms with Gasteiger partial charge in [-0.3, -0.25) is 4.79 Å². The van der Waals surface area contributed by atoms with Crippen molar-refractivity contribution in [2.45, 2.75) is 13.3 Å². The maximum Gasteiger partial charge on any atom is 0.339 e. The second-order valence-corrected chi connectivity index (χ2v) is 3.00. The Hall–Kier alpha value is -1.84. The number of carbonyl (C=O) groups excluding carboxylic acids is 1. The number of hydrogen-bond acceptors (Lipinski definition) is 3. The molecule has 14 heavy (non-hydrogen) atoms. The summed E-state index contributed by atoms with van der Waals surface area (Å²) in [6, 6.07) is 4.32. The van der Waals surface area contributed by atoms with Crippen LogP contribution in [0.25, 0.3) is 0 Å². The van der Waals surface area contributed by atoms with Crippen molar-refractivity contribution >= 4 is 11.8 Å². The number of benzene rings is 1. The monoisotopic (exact) mass is 194 g/mol. The van der Waals surface area contributed by atoms with Crippen molar-refractivity contribution in [1.29, 1.82) is 0 Å². The molecular weight excluding hydrogens is 184 g/mol. The minimum Gasteiger partial charge on any atom is -0.507 e. The van der Waals surface area contributed by atoms with Crippen molar-refractivity contribution in [2.24, 2.45) is 0 Å². The van der Waals surface area contributed by atoms with E-state index in [1.54, 1.807) is 0 Å². The fourth-order valence-electron chi connectivity index (χ4n) is 1.25. The SMILES string of the molecule is CC(=O)Cc1cccc(O)c1C(=O)O. The third-order valence-electron chi connectivity index (χ3n) is 1.78. The first-order chi connectivity index (χ1) is 6.52. The summed E-state index contributed by atoms with van der Waals surface area (Å²) in [7, 11) is 0. The number of ketones is 1. The van der Waals surface area contributed by atoms with E-state index in [4.69, 9.17) is 5.11 Å². The lowest BCUT2D eigenvalue weighted by atomic mass is 10.0. The molecule has 0 aromatic heterocycles. The molecule has 4 nitrogen and oxygen atoms in total. The number of carboxylic acids is 1. The first kappa shape index (κ1) is 10.2. The molecule has 0 amide bonds. The number of aromatic carboxylic acids is 1. The van der Waals surface area contributed by atoms with Gasteiger partial charge in [0.15, 0.2) is 0 Å². The topological polar surface area (TPSA) is 74.6 Å². The Morgan fingerprint density at radius 2 is 2.00 bits per heavy atom. The summed E-state index contributed by atoms with van der Waals surface area (Å²) in [6.07, 6.45) is 0.0238. The predicted octanol–water partition coefficient (Wildman–Crippen LogP) is 1.22. The van der Waals surface area contributed by atoms with Crippen molar-refractivity contribution in [2.75, 3.05) is 0 Å². The maximum absolute atomic E-state index is 10.8. The van der Waals surface area contributed by atoms with Gasteiger partial charge in [0.05, 0.1) is 0 Å². The first-order valence-electron chi connectivity index (χ1n) is 4.06. The molecule has 74 valence electrons. The number of aromatic hydroxyl groups is 1. The number of phenols is 1. The second-order valence-electron chi connectivity index (χ2n) is 3.00. The lowest BCUT2D eigenvalue weighted by Crippen LogP contribution is -2.06. The summed E-state index contributed by atoms with van der Waals surface area (Å²) in [5, 5.41) is 18.1. The van der Waals surface area contributed by atoms with Crippen LogP contribution in [0, 0.1) is 0 Å². The molecule has 0 saturated carbocycles. The van der Waals surface area contributed by atoms with Crippen molar-refractivity contribution in [1.82, 2.24) is 0 Å². The third kappa shape index (κ3) is 2.10. The highest BCUT2D eigenvalue weighted by Crippen LogP contribution is 2.21. The minimum atomic E-state index is -1.22. The number of carboxylic acid groups (broad SMARTS) is 1. The molecule has 1 aromatic rings. The Bertz CT molecular complexity index is 382. The molecule has 0 saturated heterocycles. The number of rotatable bonds is 3. The molecular formula is C10H10O4. The molecule has 1 rings (SSSR count). The minimum absolute atomic E-state index is 0.0238. The van der Waals surface area contributed by atoms with Crippen molar-refractivity contribution in [3.05, 3.63) is 29.3 Å². The van der Waals surface area contributed by atoms with E-state index in [9.17, 15) is 14.7 Å². The van der Waals surface area contributed by atoms with Gasteiger partial charge in [0.25, 0.3) is 0 Å².